The number of nitrogens with one attached hydrogen (secondary N) is 1. The minimum atomic E-state index is 0.108. The molecule has 0 saturated carbocycles. The lowest BCUT2D eigenvalue weighted by Gasteiger charge is -2.31. The summed E-state index contributed by atoms with van der Waals surface area (Å²) in [7, 11) is 1.99. The molecule has 5 heteroatoms. The van der Waals surface area contributed by atoms with Gasteiger partial charge in [-0.05, 0) is 32.4 Å². The van der Waals surface area contributed by atoms with E-state index in [0.717, 1.165) is 37.2 Å². The highest BCUT2D eigenvalue weighted by atomic mass is 16.2. The van der Waals surface area contributed by atoms with Crippen molar-refractivity contribution in [1.82, 2.24) is 20.0 Å². The maximum Gasteiger partial charge on any atom is 0.257 e. The molecule has 1 amide bonds. The molecule has 0 spiro atoms. The smallest absolute Gasteiger partial charge is 0.257 e. The zero-order valence-electron chi connectivity index (χ0n) is 13.8. The Morgan fingerprint density at radius 3 is 2.61 bits per heavy atom. The number of likely N-dealkylation sites (tertiary alicyclic amines) is 1. The molecule has 0 unspecified atom stereocenters. The van der Waals surface area contributed by atoms with Gasteiger partial charge in [-0.1, -0.05) is 30.3 Å². The number of benzene rings is 1. The zero-order chi connectivity index (χ0) is 16.2. The molecule has 1 fully saturated rings. The number of carbonyl (C=O) groups is 1. The third kappa shape index (κ3) is 3.45. The first kappa shape index (κ1) is 15.7. The van der Waals surface area contributed by atoms with Crippen molar-refractivity contribution in [3.05, 3.63) is 53.3 Å². The van der Waals surface area contributed by atoms with Crippen LogP contribution in [0.5, 0.6) is 0 Å². The number of carbonyl (C=O) groups excluding carboxylic acids is 1. The van der Waals surface area contributed by atoms with E-state index in [-0.39, 0.29) is 5.91 Å². The highest BCUT2D eigenvalue weighted by Gasteiger charge is 2.25. The third-order valence-corrected chi connectivity index (χ3v) is 4.70. The lowest BCUT2D eigenvalue weighted by molar-refractivity contribution is 0.0706. The lowest BCUT2D eigenvalue weighted by atomic mass is 10.0. The molecule has 1 aromatic heterocycles. The second-order valence-corrected chi connectivity index (χ2v) is 6.14. The molecule has 1 aromatic carbocycles. The van der Waals surface area contributed by atoms with Gasteiger partial charge in [0.2, 0.25) is 0 Å². The first-order valence-electron chi connectivity index (χ1n) is 8.22. The predicted octanol–water partition coefficient (Wildman–Crippen LogP) is 2.06. The van der Waals surface area contributed by atoms with Crippen LogP contribution in [-0.4, -0.2) is 46.8 Å². The third-order valence-electron chi connectivity index (χ3n) is 4.70. The molecule has 0 aliphatic carbocycles. The average molecular weight is 312 g/mol. The monoisotopic (exact) mass is 312 g/mol. The van der Waals surface area contributed by atoms with Crippen LogP contribution in [0.1, 0.15) is 34.5 Å². The Balaban J connectivity index is 1.70. The molecular formula is C18H24N4O. The molecule has 0 radical (unpaired) electrons. The van der Waals surface area contributed by atoms with Crippen LogP contribution in [0, 0.1) is 6.92 Å². The molecule has 2 heterocycles. The molecular weight excluding hydrogens is 288 g/mol. The van der Waals surface area contributed by atoms with Crippen LogP contribution in [0.15, 0.2) is 36.5 Å². The number of nitrogens with zero attached hydrogens (tertiary/aromatic N) is 3. The van der Waals surface area contributed by atoms with Crippen LogP contribution in [0.3, 0.4) is 0 Å². The SMILES string of the molecule is CNC1CCN(C(=O)c2cnn(Cc3ccccc3)c2C)CC1. The Hall–Kier alpha value is -2.14. The summed E-state index contributed by atoms with van der Waals surface area (Å²) < 4.78 is 1.91. The number of hydrogen-bond acceptors (Lipinski definition) is 3. The molecule has 1 aliphatic rings. The van der Waals surface area contributed by atoms with Crippen LogP contribution >= 0.6 is 0 Å². The second kappa shape index (κ2) is 6.96. The van der Waals surface area contributed by atoms with Crippen molar-refractivity contribution in [2.75, 3.05) is 20.1 Å². The fourth-order valence-electron chi connectivity index (χ4n) is 3.11. The standard InChI is InChI=1S/C18H24N4O/c1-14-17(18(23)21-10-8-16(19-2)9-11-21)12-20-22(14)13-15-6-4-3-5-7-15/h3-7,12,16,19H,8-11,13H2,1-2H3. The maximum absolute atomic E-state index is 12.7. The second-order valence-electron chi connectivity index (χ2n) is 6.14. The number of hydrogen-bond donors (Lipinski definition) is 1. The summed E-state index contributed by atoms with van der Waals surface area (Å²) in [6, 6.07) is 10.7. The minimum absolute atomic E-state index is 0.108. The molecule has 122 valence electrons. The topological polar surface area (TPSA) is 50.2 Å². The van der Waals surface area contributed by atoms with E-state index < -0.39 is 0 Å². The Morgan fingerprint density at radius 1 is 1.26 bits per heavy atom. The molecule has 0 atom stereocenters. The van der Waals surface area contributed by atoms with E-state index in [0.29, 0.717) is 12.6 Å². The van der Waals surface area contributed by atoms with Crippen LogP contribution in [0.4, 0.5) is 0 Å². The van der Waals surface area contributed by atoms with E-state index in [9.17, 15) is 4.79 Å². The molecule has 23 heavy (non-hydrogen) atoms. The van der Waals surface area contributed by atoms with Crippen molar-refractivity contribution in [3.63, 3.8) is 0 Å². The van der Waals surface area contributed by atoms with E-state index in [2.05, 4.69) is 22.5 Å². The summed E-state index contributed by atoms with van der Waals surface area (Å²) in [4.78, 5) is 14.7. The first-order valence-corrected chi connectivity index (χ1v) is 8.22. The number of amides is 1. The summed E-state index contributed by atoms with van der Waals surface area (Å²) in [5, 5.41) is 7.71. The normalized spacial score (nSPS) is 15.8. The lowest BCUT2D eigenvalue weighted by Crippen LogP contribution is -2.44. The van der Waals surface area contributed by atoms with Gasteiger partial charge in [0.1, 0.15) is 0 Å². The number of rotatable bonds is 4. The first-order chi connectivity index (χ1) is 11.2. The van der Waals surface area contributed by atoms with Gasteiger partial charge in [0.25, 0.3) is 5.91 Å². The molecule has 1 saturated heterocycles. The highest BCUT2D eigenvalue weighted by Crippen LogP contribution is 2.17. The Labute approximate surface area is 137 Å². The highest BCUT2D eigenvalue weighted by molar-refractivity contribution is 5.95. The van der Waals surface area contributed by atoms with Crippen LogP contribution in [-0.2, 0) is 6.54 Å². The molecule has 3 rings (SSSR count). The quantitative estimate of drug-likeness (QED) is 0.940. The molecule has 1 aliphatic heterocycles. The van der Waals surface area contributed by atoms with Crippen LogP contribution < -0.4 is 5.32 Å². The Bertz CT molecular complexity index is 657. The largest absolute Gasteiger partial charge is 0.338 e. The summed E-state index contributed by atoms with van der Waals surface area (Å²) >= 11 is 0. The van der Waals surface area contributed by atoms with Gasteiger partial charge in [0.15, 0.2) is 0 Å². The van der Waals surface area contributed by atoms with Gasteiger partial charge in [-0.2, -0.15) is 5.10 Å². The number of piperidine rings is 1. The van der Waals surface area contributed by atoms with Gasteiger partial charge in [0, 0.05) is 24.8 Å². The van der Waals surface area contributed by atoms with E-state index in [1.165, 1.54) is 5.56 Å². The van der Waals surface area contributed by atoms with E-state index in [1.807, 2.05) is 41.8 Å². The average Bonchev–Trinajstić information content (AvgIpc) is 2.96. The fourth-order valence-corrected chi connectivity index (χ4v) is 3.11. The summed E-state index contributed by atoms with van der Waals surface area (Å²) in [5.41, 5.74) is 2.85. The van der Waals surface area contributed by atoms with Crippen molar-refractivity contribution >= 4 is 5.91 Å². The van der Waals surface area contributed by atoms with Gasteiger partial charge >= 0.3 is 0 Å². The van der Waals surface area contributed by atoms with Crippen molar-refractivity contribution < 1.29 is 4.79 Å². The molecule has 5 nitrogen and oxygen atoms in total. The van der Waals surface area contributed by atoms with Gasteiger partial charge in [-0.3, -0.25) is 9.48 Å². The molecule has 1 N–H and O–H groups in total. The van der Waals surface area contributed by atoms with Crippen molar-refractivity contribution in [1.29, 1.82) is 0 Å². The van der Waals surface area contributed by atoms with E-state index >= 15 is 0 Å². The van der Waals surface area contributed by atoms with Crippen LogP contribution in [0.25, 0.3) is 0 Å². The van der Waals surface area contributed by atoms with Crippen LogP contribution in [0.2, 0.25) is 0 Å². The summed E-state index contributed by atoms with van der Waals surface area (Å²) in [5.74, 6) is 0.108. The van der Waals surface area contributed by atoms with Gasteiger partial charge in [-0.15, -0.1) is 0 Å². The van der Waals surface area contributed by atoms with Gasteiger partial charge in [-0.25, -0.2) is 0 Å². The Kier molecular flexibility index (Phi) is 4.76. The fraction of sp³-hybridized carbons (Fsp3) is 0.444. The minimum Gasteiger partial charge on any atom is -0.338 e. The Morgan fingerprint density at radius 2 is 1.96 bits per heavy atom. The summed E-state index contributed by atoms with van der Waals surface area (Å²) in [6.45, 7) is 4.30. The van der Waals surface area contributed by atoms with Gasteiger partial charge < -0.3 is 10.2 Å². The predicted molar refractivity (Wildman–Crippen MR) is 90.5 cm³/mol. The van der Waals surface area contributed by atoms with Crippen molar-refractivity contribution in [2.45, 2.75) is 32.4 Å². The van der Waals surface area contributed by atoms with E-state index in [1.54, 1.807) is 6.20 Å². The molecule has 2 aromatic rings. The summed E-state index contributed by atoms with van der Waals surface area (Å²) in [6.07, 6.45) is 3.74. The van der Waals surface area contributed by atoms with Crippen molar-refractivity contribution in [2.24, 2.45) is 0 Å². The zero-order valence-corrected chi connectivity index (χ0v) is 13.8. The van der Waals surface area contributed by atoms with Crippen molar-refractivity contribution in [3.8, 4) is 0 Å². The van der Waals surface area contributed by atoms with E-state index in [4.69, 9.17) is 0 Å². The molecule has 0 bridgehead atoms. The van der Waals surface area contributed by atoms with Gasteiger partial charge in [0.05, 0.1) is 18.3 Å². The maximum atomic E-state index is 12.7. The number of aromatic nitrogens is 2.